The second kappa shape index (κ2) is 9.09. The van der Waals surface area contributed by atoms with Gasteiger partial charge in [0.05, 0.1) is 0 Å². The third kappa shape index (κ3) is 5.85. The number of hydrogen-bond acceptors (Lipinski definition) is 4. The number of halogens is 3. The Hall–Kier alpha value is -2.87. The Morgan fingerprint density at radius 1 is 1.10 bits per heavy atom. The number of piperazine rings is 1. The van der Waals surface area contributed by atoms with Crippen LogP contribution in [-0.2, 0) is 16.1 Å². The van der Waals surface area contributed by atoms with Gasteiger partial charge in [0.2, 0.25) is 5.91 Å². The van der Waals surface area contributed by atoms with Crippen molar-refractivity contribution in [2.24, 2.45) is 0 Å². The molecule has 31 heavy (non-hydrogen) atoms. The largest absolute Gasteiger partial charge is 0.486 e. The molecule has 0 radical (unpaired) electrons. The van der Waals surface area contributed by atoms with Gasteiger partial charge >= 0.3 is 6.09 Å². The number of benzene rings is 2. The molecule has 0 aliphatic carbocycles. The maximum absolute atomic E-state index is 14.2. The summed E-state index contributed by atoms with van der Waals surface area (Å²) in [6.07, 6.45) is -0.561. The van der Waals surface area contributed by atoms with Crippen molar-refractivity contribution in [1.29, 1.82) is 0 Å². The van der Waals surface area contributed by atoms with E-state index in [1.165, 1.54) is 40.1 Å². The van der Waals surface area contributed by atoms with Crippen LogP contribution in [0.1, 0.15) is 26.3 Å². The summed E-state index contributed by atoms with van der Waals surface area (Å²) >= 11 is 5.73. The Labute approximate surface area is 184 Å². The van der Waals surface area contributed by atoms with E-state index >= 15 is 0 Å². The second-order valence-electron chi connectivity index (χ2n) is 8.09. The van der Waals surface area contributed by atoms with Crippen molar-refractivity contribution in [3.05, 3.63) is 58.6 Å². The number of anilines is 1. The molecule has 2 amide bonds. The van der Waals surface area contributed by atoms with Crippen LogP contribution in [0.15, 0.2) is 36.4 Å². The molecule has 9 heteroatoms. The van der Waals surface area contributed by atoms with Crippen molar-refractivity contribution in [3.8, 4) is 5.75 Å². The molecule has 166 valence electrons. The molecule has 3 rings (SSSR count). The predicted octanol–water partition coefficient (Wildman–Crippen LogP) is 4.78. The van der Waals surface area contributed by atoms with Gasteiger partial charge < -0.3 is 14.4 Å². The molecular weight excluding hydrogens is 430 g/mol. The maximum atomic E-state index is 14.2. The highest BCUT2D eigenvalue weighted by atomic mass is 35.5. The lowest BCUT2D eigenvalue weighted by Gasteiger charge is -2.35. The number of carbonyl (C=O) groups excluding carboxylic acids is 2. The molecule has 0 saturated carbocycles. The zero-order valence-electron chi connectivity index (χ0n) is 17.5. The minimum Gasteiger partial charge on any atom is -0.486 e. The van der Waals surface area contributed by atoms with Crippen LogP contribution in [0.25, 0.3) is 0 Å². The molecule has 0 N–H and O–H groups in total. The van der Waals surface area contributed by atoms with E-state index in [4.69, 9.17) is 21.1 Å². The van der Waals surface area contributed by atoms with Crippen molar-refractivity contribution in [2.75, 3.05) is 24.5 Å². The fraction of sp³-hybridized carbons (Fsp3) is 0.364. The zero-order chi connectivity index (χ0) is 22.8. The highest BCUT2D eigenvalue weighted by molar-refractivity contribution is 6.30. The number of ether oxygens (including phenoxy) is 2. The standard InChI is InChI=1S/C22H23ClF2N2O4/c1-22(2,3)31-21(29)26-8-9-27(20(28)12-26)16-6-7-17(24)19(11-16)30-13-14-4-5-15(23)10-18(14)25/h4-7,10-11H,8-9,12-13H2,1-3H3. The summed E-state index contributed by atoms with van der Waals surface area (Å²) in [5.41, 5.74) is -0.0256. The fourth-order valence-corrected chi connectivity index (χ4v) is 3.15. The van der Waals surface area contributed by atoms with Crippen LogP contribution < -0.4 is 9.64 Å². The van der Waals surface area contributed by atoms with Gasteiger partial charge in [0.15, 0.2) is 11.6 Å². The number of nitrogens with zero attached hydrogens (tertiary/aromatic N) is 2. The fourth-order valence-electron chi connectivity index (χ4n) is 2.99. The number of hydrogen-bond donors (Lipinski definition) is 0. The lowest BCUT2D eigenvalue weighted by Crippen LogP contribution is -2.53. The second-order valence-corrected chi connectivity index (χ2v) is 8.52. The Morgan fingerprint density at radius 3 is 2.48 bits per heavy atom. The van der Waals surface area contributed by atoms with E-state index in [1.54, 1.807) is 20.8 Å². The van der Waals surface area contributed by atoms with E-state index in [0.29, 0.717) is 5.69 Å². The van der Waals surface area contributed by atoms with E-state index in [0.717, 1.165) is 6.07 Å². The van der Waals surface area contributed by atoms with Crippen molar-refractivity contribution < 1.29 is 27.8 Å². The molecule has 1 aliphatic heterocycles. The van der Waals surface area contributed by atoms with Crippen molar-refractivity contribution >= 4 is 29.3 Å². The molecule has 0 bridgehead atoms. The van der Waals surface area contributed by atoms with Crippen molar-refractivity contribution in [1.82, 2.24) is 4.90 Å². The smallest absolute Gasteiger partial charge is 0.410 e. The molecule has 1 fully saturated rings. The first-order valence-electron chi connectivity index (χ1n) is 9.68. The van der Waals surface area contributed by atoms with E-state index in [-0.39, 0.29) is 48.5 Å². The van der Waals surface area contributed by atoms with Gasteiger partial charge in [0, 0.05) is 35.4 Å². The highest BCUT2D eigenvalue weighted by Crippen LogP contribution is 2.27. The van der Waals surface area contributed by atoms with Gasteiger partial charge in [-0.3, -0.25) is 9.69 Å². The van der Waals surface area contributed by atoms with Crippen LogP contribution in [0.2, 0.25) is 5.02 Å². The topological polar surface area (TPSA) is 59.1 Å². The quantitative estimate of drug-likeness (QED) is 0.669. The molecule has 1 heterocycles. The molecule has 1 aliphatic rings. The summed E-state index contributed by atoms with van der Waals surface area (Å²) in [6.45, 7) is 5.37. The average Bonchev–Trinajstić information content (AvgIpc) is 2.67. The molecule has 0 spiro atoms. The molecule has 2 aromatic carbocycles. The first-order chi connectivity index (χ1) is 14.5. The van der Waals surface area contributed by atoms with E-state index in [2.05, 4.69) is 0 Å². The van der Waals surface area contributed by atoms with Gasteiger partial charge in [-0.2, -0.15) is 0 Å². The molecule has 1 saturated heterocycles. The maximum Gasteiger partial charge on any atom is 0.410 e. The molecule has 0 unspecified atom stereocenters. The Bertz CT molecular complexity index is 994. The lowest BCUT2D eigenvalue weighted by atomic mass is 10.2. The highest BCUT2D eigenvalue weighted by Gasteiger charge is 2.31. The predicted molar refractivity (Wildman–Crippen MR) is 112 cm³/mol. The van der Waals surface area contributed by atoms with Crippen LogP contribution in [-0.4, -0.2) is 42.1 Å². The van der Waals surface area contributed by atoms with Crippen LogP contribution >= 0.6 is 11.6 Å². The normalized spacial score (nSPS) is 14.6. The van der Waals surface area contributed by atoms with E-state index < -0.39 is 23.3 Å². The Balaban J connectivity index is 1.68. The van der Waals surface area contributed by atoms with Crippen molar-refractivity contribution in [2.45, 2.75) is 33.0 Å². The molecular formula is C22H23ClF2N2O4. The third-order valence-electron chi connectivity index (χ3n) is 4.50. The first-order valence-corrected chi connectivity index (χ1v) is 10.1. The van der Waals surface area contributed by atoms with Crippen LogP contribution in [0.3, 0.4) is 0 Å². The number of amides is 2. The molecule has 2 aromatic rings. The summed E-state index contributed by atoms with van der Waals surface area (Å²) in [5.74, 6) is -1.65. The summed E-state index contributed by atoms with van der Waals surface area (Å²) < 4.78 is 38.9. The van der Waals surface area contributed by atoms with Gasteiger partial charge in [0.25, 0.3) is 0 Å². The summed E-state index contributed by atoms with van der Waals surface area (Å²) in [4.78, 5) is 27.6. The van der Waals surface area contributed by atoms with Crippen LogP contribution in [0.4, 0.5) is 19.3 Å². The number of carbonyl (C=O) groups is 2. The third-order valence-corrected chi connectivity index (χ3v) is 4.73. The van der Waals surface area contributed by atoms with Gasteiger partial charge in [-0.25, -0.2) is 13.6 Å². The summed E-state index contributed by atoms with van der Waals surface area (Å²) in [7, 11) is 0. The SMILES string of the molecule is CC(C)(C)OC(=O)N1CCN(c2ccc(F)c(OCc3ccc(Cl)cc3F)c2)C(=O)C1. The van der Waals surface area contributed by atoms with Crippen LogP contribution in [0.5, 0.6) is 5.75 Å². The van der Waals surface area contributed by atoms with E-state index in [9.17, 15) is 18.4 Å². The minimum absolute atomic E-state index is 0.116. The Kier molecular flexibility index (Phi) is 6.69. The minimum atomic E-state index is -0.663. The van der Waals surface area contributed by atoms with Gasteiger partial charge in [-0.1, -0.05) is 17.7 Å². The van der Waals surface area contributed by atoms with Crippen LogP contribution in [0, 0.1) is 11.6 Å². The van der Waals surface area contributed by atoms with Crippen molar-refractivity contribution in [3.63, 3.8) is 0 Å². The molecule has 0 aromatic heterocycles. The van der Waals surface area contributed by atoms with Gasteiger partial charge in [0.1, 0.15) is 24.6 Å². The summed E-state index contributed by atoms with van der Waals surface area (Å²) in [5, 5.41) is 0.249. The van der Waals surface area contributed by atoms with E-state index in [1.807, 2.05) is 0 Å². The molecule has 0 atom stereocenters. The zero-order valence-corrected chi connectivity index (χ0v) is 18.2. The lowest BCUT2D eigenvalue weighted by molar-refractivity contribution is -0.121. The average molecular weight is 453 g/mol. The first kappa shape index (κ1) is 22.8. The summed E-state index contributed by atoms with van der Waals surface area (Å²) in [6, 6.07) is 8.13. The Morgan fingerprint density at radius 2 is 1.84 bits per heavy atom. The van der Waals surface area contributed by atoms with Gasteiger partial charge in [-0.15, -0.1) is 0 Å². The van der Waals surface area contributed by atoms with Gasteiger partial charge in [-0.05, 0) is 45.0 Å². The number of rotatable bonds is 4. The monoisotopic (exact) mass is 452 g/mol. The molecule has 6 nitrogen and oxygen atoms in total.